The van der Waals surface area contributed by atoms with Crippen LogP contribution in [0.3, 0.4) is 0 Å². The first-order chi connectivity index (χ1) is 5.91. The van der Waals surface area contributed by atoms with E-state index in [1.54, 1.807) is 20.8 Å². The van der Waals surface area contributed by atoms with Gasteiger partial charge >= 0.3 is 65.1 Å². The van der Waals surface area contributed by atoms with Crippen LogP contribution in [-0.4, -0.2) is 16.2 Å². The zero-order valence-electron chi connectivity index (χ0n) is 12.0. The van der Waals surface area contributed by atoms with Crippen molar-refractivity contribution in [2.45, 2.75) is 27.2 Å². The third-order valence-electron chi connectivity index (χ3n) is 1.74. The SMILES string of the molecule is CC/C(C(=O)O)=C(/C(=O)S)C(C)C.[H-].[H-].[Na+].[Na+]. The Morgan fingerprint density at radius 1 is 1.33 bits per heavy atom. The van der Waals surface area contributed by atoms with Gasteiger partial charge in [-0.25, -0.2) is 4.79 Å². The Balaban J connectivity index is -0.000000120. The minimum atomic E-state index is -1.03. The van der Waals surface area contributed by atoms with Crippen LogP contribution in [0.15, 0.2) is 11.1 Å². The molecule has 1 N–H and O–H groups in total. The maximum atomic E-state index is 11.0. The predicted molar refractivity (Wildman–Crippen MR) is 56.0 cm³/mol. The van der Waals surface area contributed by atoms with Gasteiger partial charge in [-0.15, -0.1) is 12.6 Å². The normalized spacial score (nSPS) is 11.0. The van der Waals surface area contributed by atoms with Crippen molar-refractivity contribution in [3.05, 3.63) is 11.1 Å². The number of carboxylic acids is 1. The molecular weight excluding hydrogens is 234 g/mol. The Labute approximate surface area is 143 Å². The summed E-state index contributed by atoms with van der Waals surface area (Å²) in [5, 5.41) is 8.35. The second kappa shape index (κ2) is 10.4. The van der Waals surface area contributed by atoms with Crippen molar-refractivity contribution in [3.8, 4) is 0 Å². The van der Waals surface area contributed by atoms with Gasteiger partial charge in [0.25, 0.3) is 0 Å². The average molecular weight is 250 g/mol. The molecule has 0 fully saturated rings. The third kappa shape index (κ3) is 7.21. The van der Waals surface area contributed by atoms with Crippen LogP contribution in [0.4, 0.5) is 0 Å². The first-order valence-corrected chi connectivity index (χ1v) is 4.56. The van der Waals surface area contributed by atoms with E-state index in [4.69, 9.17) is 5.11 Å². The number of carbonyl (C=O) groups is 2. The molecule has 0 saturated carbocycles. The summed E-state index contributed by atoms with van der Waals surface area (Å²) < 4.78 is 0. The first-order valence-electron chi connectivity index (χ1n) is 4.11. The summed E-state index contributed by atoms with van der Waals surface area (Å²) in [6.45, 7) is 5.27. The first kappa shape index (κ1) is 21.5. The van der Waals surface area contributed by atoms with E-state index in [2.05, 4.69) is 12.6 Å². The maximum absolute atomic E-state index is 11.0. The van der Waals surface area contributed by atoms with Gasteiger partial charge in [0, 0.05) is 11.1 Å². The van der Waals surface area contributed by atoms with Gasteiger partial charge in [-0.05, 0) is 12.3 Å². The van der Waals surface area contributed by atoms with Crippen LogP contribution in [0.25, 0.3) is 0 Å². The molecule has 0 rings (SSSR count). The van der Waals surface area contributed by atoms with Gasteiger partial charge < -0.3 is 7.96 Å². The van der Waals surface area contributed by atoms with Crippen LogP contribution < -0.4 is 59.1 Å². The van der Waals surface area contributed by atoms with Crippen molar-refractivity contribution < 1.29 is 76.7 Å². The van der Waals surface area contributed by atoms with E-state index in [9.17, 15) is 9.59 Å². The van der Waals surface area contributed by atoms with E-state index >= 15 is 0 Å². The topological polar surface area (TPSA) is 54.4 Å². The number of hydrogen-bond acceptors (Lipinski definition) is 2. The smallest absolute Gasteiger partial charge is 1.00 e. The summed E-state index contributed by atoms with van der Waals surface area (Å²) in [7, 11) is 0. The zero-order chi connectivity index (χ0) is 10.6. The minimum absolute atomic E-state index is 0. The summed E-state index contributed by atoms with van der Waals surface area (Å²) in [6, 6.07) is 0. The Bertz CT molecular complexity index is 271. The van der Waals surface area contributed by atoms with Gasteiger partial charge in [-0.1, -0.05) is 20.8 Å². The van der Waals surface area contributed by atoms with Gasteiger partial charge in [-0.3, -0.25) is 4.79 Å². The van der Waals surface area contributed by atoms with E-state index in [1.165, 1.54) is 0 Å². The molecule has 0 aromatic rings. The zero-order valence-corrected chi connectivity index (χ0v) is 14.9. The van der Waals surface area contributed by atoms with Crippen molar-refractivity contribution in [2.75, 3.05) is 0 Å². The third-order valence-corrected chi connectivity index (χ3v) is 1.99. The Morgan fingerprint density at radius 3 is 1.80 bits per heavy atom. The Morgan fingerprint density at radius 2 is 1.73 bits per heavy atom. The number of aliphatic carboxylic acids is 1. The van der Waals surface area contributed by atoms with Crippen LogP contribution >= 0.6 is 12.6 Å². The summed E-state index contributed by atoms with van der Waals surface area (Å²) in [4.78, 5) is 21.8. The number of thiol groups is 1. The fourth-order valence-electron chi connectivity index (χ4n) is 1.18. The molecule has 6 heteroatoms. The van der Waals surface area contributed by atoms with Crippen LogP contribution in [0.1, 0.15) is 30.0 Å². The molecule has 0 aliphatic rings. The molecule has 0 heterocycles. The van der Waals surface area contributed by atoms with Gasteiger partial charge in [-0.2, -0.15) is 0 Å². The van der Waals surface area contributed by atoms with Gasteiger partial charge in [0.2, 0.25) is 5.12 Å². The molecule has 0 saturated heterocycles. The van der Waals surface area contributed by atoms with Gasteiger partial charge in [0.05, 0.1) is 0 Å². The van der Waals surface area contributed by atoms with Crippen LogP contribution in [0.2, 0.25) is 0 Å². The quantitative estimate of drug-likeness (QED) is 0.305. The minimum Gasteiger partial charge on any atom is -1.00 e. The van der Waals surface area contributed by atoms with E-state index in [0.29, 0.717) is 12.0 Å². The fourth-order valence-corrected chi connectivity index (χ4v) is 1.57. The molecule has 0 amide bonds. The van der Waals surface area contributed by atoms with Gasteiger partial charge in [0.1, 0.15) is 0 Å². The van der Waals surface area contributed by atoms with Crippen LogP contribution in [0, 0.1) is 5.92 Å². The Hall–Kier alpha value is 1.23. The number of rotatable bonds is 4. The monoisotopic (exact) mass is 250 g/mol. The molecule has 0 aliphatic heterocycles. The molecule has 0 atom stereocenters. The van der Waals surface area contributed by atoms with Crippen molar-refractivity contribution in [1.82, 2.24) is 0 Å². The standard InChI is InChI=1S/C9H14O3S.2Na.2H/c1-4-6(8(10)11)7(5(2)3)9(12)13;;;;/h5H,4H2,1-3H3,(H,10,11)(H,12,13);;;;/q;2*+1;2*-1/b7-6-;;;;. The van der Waals surface area contributed by atoms with Crippen molar-refractivity contribution in [1.29, 1.82) is 0 Å². The van der Waals surface area contributed by atoms with E-state index in [-0.39, 0.29) is 73.5 Å². The fraction of sp³-hybridized carbons (Fsp3) is 0.556. The molecule has 78 valence electrons. The average Bonchev–Trinajstić information content (AvgIpc) is 1.97. The van der Waals surface area contributed by atoms with Crippen molar-refractivity contribution >= 4 is 23.7 Å². The second-order valence-electron chi connectivity index (χ2n) is 3.01. The molecule has 0 radical (unpaired) electrons. The number of carbonyl (C=O) groups excluding carboxylic acids is 1. The summed E-state index contributed by atoms with van der Waals surface area (Å²) in [5.74, 6) is -1.13. The van der Waals surface area contributed by atoms with E-state index in [0.717, 1.165) is 0 Å². The predicted octanol–water partition coefficient (Wildman–Crippen LogP) is -3.88. The molecule has 0 unspecified atom stereocenters. The molecular formula is C9H16Na2O3S. The summed E-state index contributed by atoms with van der Waals surface area (Å²) in [6.07, 6.45) is 0.342. The maximum Gasteiger partial charge on any atom is 1.00 e. The second-order valence-corrected chi connectivity index (χ2v) is 3.42. The molecule has 0 aromatic heterocycles. The molecule has 0 aliphatic carbocycles. The largest absolute Gasteiger partial charge is 1.00 e. The summed E-state index contributed by atoms with van der Waals surface area (Å²) >= 11 is 3.66. The van der Waals surface area contributed by atoms with Crippen LogP contribution in [0.5, 0.6) is 0 Å². The van der Waals surface area contributed by atoms with Gasteiger partial charge in [0.15, 0.2) is 0 Å². The van der Waals surface area contributed by atoms with E-state index in [1.807, 2.05) is 0 Å². The molecule has 0 aromatic carbocycles. The van der Waals surface area contributed by atoms with Crippen molar-refractivity contribution in [2.24, 2.45) is 5.92 Å². The number of carboxylic acid groups (broad SMARTS) is 1. The molecule has 3 nitrogen and oxygen atoms in total. The molecule has 15 heavy (non-hydrogen) atoms. The molecule has 0 spiro atoms. The molecule has 0 bridgehead atoms. The van der Waals surface area contributed by atoms with Crippen molar-refractivity contribution in [3.63, 3.8) is 0 Å². The van der Waals surface area contributed by atoms with E-state index < -0.39 is 11.1 Å². The summed E-state index contributed by atoms with van der Waals surface area (Å²) in [5.41, 5.74) is 0.466. The van der Waals surface area contributed by atoms with Crippen LogP contribution in [-0.2, 0) is 9.59 Å². The number of hydrogen-bond donors (Lipinski definition) is 2. The Kier molecular flexibility index (Phi) is 14.9.